The number of nitrogens with zero attached hydrogens (tertiary/aromatic N) is 1. The number of nitro groups is 1. The minimum atomic E-state index is -1.76. The predicted octanol–water partition coefficient (Wildman–Crippen LogP) is 2.86. The van der Waals surface area contributed by atoms with E-state index in [1.807, 2.05) is 0 Å². The second kappa shape index (κ2) is 8.09. The van der Waals surface area contributed by atoms with Crippen molar-refractivity contribution in [3.05, 3.63) is 76.0 Å². The lowest BCUT2D eigenvalue weighted by molar-refractivity contribution is -0.418. The number of hydrogen-bond acceptors (Lipinski definition) is 6. The lowest BCUT2D eigenvalue weighted by Gasteiger charge is -2.31. The Kier molecular flexibility index (Phi) is 6.07. The molecule has 1 aromatic rings. The molecule has 0 amide bonds. The maximum absolute atomic E-state index is 12.7. The van der Waals surface area contributed by atoms with E-state index in [2.05, 4.69) is 13.2 Å². The normalized spacial score (nSPS) is 18.8. The van der Waals surface area contributed by atoms with Gasteiger partial charge in [-0.3, -0.25) is 19.7 Å². The Hall–Kier alpha value is -3.06. The van der Waals surface area contributed by atoms with Crippen LogP contribution in [0.2, 0.25) is 0 Å². The summed E-state index contributed by atoms with van der Waals surface area (Å²) in [5.74, 6) is -1.12. The van der Waals surface area contributed by atoms with Gasteiger partial charge >= 0.3 is 5.97 Å². The molecule has 0 fully saturated rings. The SMILES string of the molecule is C=C(/C=C\C(=C)[N+](=O)[O-])c1ccc2c(c1)CCC(O)(CC(=O)OCC)C2=O. The molecule has 0 spiro atoms. The standard InChI is InChI=1S/C20H21NO6/c1-4-27-18(22)12-20(24)10-9-16-11-15(7-8-17(16)19(20)23)13(2)5-6-14(3)21(25)26/h5-8,11,24H,2-4,9-10,12H2,1H3/b6-5-. The van der Waals surface area contributed by atoms with Crippen molar-refractivity contribution in [3.8, 4) is 0 Å². The molecule has 0 saturated heterocycles. The predicted molar refractivity (Wildman–Crippen MR) is 99.6 cm³/mol. The molecular formula is C20H21NO6. The molecule has 1 aromatic carbocycles. The van der Waals surface area contributed by atoms with Crippen LogP contribution in [-0.4, -0.2) is 34.0 Å². The smallest absolute Gasteiger partial charge is 0.309 e. The third-order valence-corrected chi connectivity index (χ3v) is 4.40. The zero-order valence-electron chi connectivity index (χ0n) is 15.1. The molecule has 0 saturated carbocycles. The van der Waals surface area contributed by atoms with Crippen molar-refractivity contribution in [2.45, 2.75) is 31.8 Å². The quantitative estimate of drug-likeness (QED) is 0.342. The molecule has 0 aliphatic heterocycles. The Morgan fingerprint density at radius 2 is 2.11 bits per heavy atom. The average molecular weight is 371 g/mol. The second-order valence-corrected chi connectivity index (χ2v) is 6.32. The van der Waals surface area contributed by atoms with E-state index in [0.717, 1.165) is 5.56 Å². The largest absolute Gasteiger partial charge is 0.466 e. The molecule has 7 nitrogen and oxygen atoms in total. The van der Waals surface area contributed by atoms with Gasteiger partial charge in [-0.2, -0.15) is 0 Å². The van der Waals surface area contributed by atoms with Gasteiger partial charge in [-0.05, 0) is 49.1 Å². The first-order chi connectivity index (χ1) is 12.7. The number of fused-ring (bicyclic) bond motifs is 1. The number of Topliss-reactive ketones (excluding diaryl/α,β-unsaturated/α-hetero) is 1. The molecule has 0 radical (unpaired) electrons. The highest BCUT2D eigenvalue weighted by Gasteiger charge is 2.42. The van der Waals surface area contributed by atoms with Gasteiger partial charge in [0.1, 0.15) is 5.60 Å². The first kappa shape index (κ1) is 20.3. The number of aliphatic hydroxyl groups is 1. The molecule has 7 heteroatoms. The number of allylic oxidation sites excluding steroid dienone is 3. The van der Waals surface area contributed by atoms with E-state index in [-0.39, 0.29) is 25.1 Å². The molecule has 27 heavy (non-hydrogen) atoms. The average Bonchev–Trinajstić information content (AvgIpc) is 2.62. The number of rotatable bonds is 7. The fourth-order valence-corrected chi connectivity index (χ4v) is 2.90. The Morgan fingerprint density at radius 3 is 2.74 bits per heavy atom. The van der Waals surface area contributed by atoms with Gasteiger partial charge in [0.05, 0.1) is 18.0 Å². The highest BCUT2D eigenvalue weighted by atomic mass is 16.6. The molecule has 0 bridgehead atoms. The summed E-state index contributed by atoms with van der Waals surface area (Å²) in [6, 6.07) is 4.98. The molecule has 0 heterocycles. The van der Waals surface area contributed by atoms with Gasteiger partial charge in [-0.1, -0.05) is 24.8 Å². The lowest BCUT2D eigenvalue weighted by atomic mass is 9.77. The molecule has 1 atom stereocenters. The lowest BCUT2D eigenvalue weighted by Crippen LogP contribution is -2.44. The van der Waals surface area contributed by atoms with Crippen molar-refractivity contribution in [2.75, 3.05) is 6.61 Å². The number of aryl methyl sites for hydroxylation is 1. The first-order valence-corrected chi connectivity index (χ1v) is 8.44. The third-order valence-electron chi connectivity index (χ3n) is 4.40. The Morgan fingerprint density at radius 1 is 1.41 bits per heavy atom. The minimum Gasteiger partial charge on any atom is -0.466 e. The Balaban J connectivity index is 2.21. The molecule has 142 valence electrons. The van der Waals surface area contributed by atoms with E-state index in [0.29, 0.717) is 23.1 Å². The zero-order valence-corrected chi connectivity index (χ0v) is 15.1. The summed E-state index contributed by atoms with van der Waals surface area (Å²) < 4.78 is 4.83. The Bertz CT molecular complexity index is 854. The zero-order chi connectivity index (χ0) is 20.2. The van der Waals surface area contributed by atoms with Crippen LogP contribution < -0.4 is 0 Å². The van der Waals surface area contributed by atoms with Crippen LogP contribution in [0.25, 0.3) is 5.57 Å². The maximum Gasteiger partial charge on any atom is 0.309 e. The van der Waals surface area contributed by atoms with E-state index in [9.17, 15) is 24.8 Å². The van der Waals surface area contributed by atoms with Crippen LogP contribution in [0.4, 0.5) is 0 Å². The van der Waals surface area contributed by atoms with Crippen molar-refractivity contribution in [1.82, 2.24) is 0 Å². The third kappa shape index (κ3) is 4.57. The number of esters is 1. The minimum absolute atomic E-state index is 0.113. The fraction of sp³-hybridized carbons (Fsp3) is 0.300. The van der Waals surface area contributed by atoms with Gasteiger partial charge in [-0.15, -0.1) is 0 Å². The Labute approximate surface area is 156 Å². The van der Waals surface area contributed by atoms with E-state index in [1.54, 1.807) is 25.1 Å². The summed E-state index contributed by atoms with van der Waals surface area (Å²) in [5, 5.41) is 21.2. The van der Waals surface area contributed by atoms with Crippen molar-refractivity contribution in [1.29, 1.82) is 0 Å². The van der Waals surface area contributed by atoms with Crippen LogP contribution in [0.5, 0.6) is 0 Å². The number of ketones is 1. The van der Waals surface area contributed by atoms with E-state index >= 15 is 0 Å². The summed E-state index contributed by atoms with van der Waals surface area (Å²) in [6.45, 7) is 9.02. The number of ether oxygens (including phenoxy) is 1. The van der Waals surface area contributed by atoms with Crippen LogP contribution in [-0.2, 0) is 16.0 Å². The van der Waals surface area contributed by atoms with Crippen molar-refractivity contribution in [3.63, 3.8) is 0 Å². The van der Waals surface area contributed by atoms with Gasteiger partial charge in [0.2, 0.25) is 0 Å². The number of hydrogen-bond donors (Lipinski definition) is 1. The van der Waals surface area contributed by atoms with E-state index in [1.165, 1.54) is 12.2 Å². The van der Waals surface area contributed by atoms with Crippen LogP contribution in [0.1, 0.15) is 41.3 Å². The molecular weight excluding hydrogens is 350 g/mol. The summed E-state index contributed by atoms with van der Waals surface area (Å²) in [6.07, 6.45) is 2.88. The maximum atomic E-state index is 12.7. The highest BCUT2D eigenvalue weighted by molar-refractivity contribution is 6.06. The molecule has 2 rings (SSSR count). The summed E-state index contributed by atoms with van der Waals surface area (Å²) in [4.78, 5) is 34.3. The van der Waals surface area contributed by atoms with Crippen LogP contribution in [0.15, 0.2) is 49.2 Å². The van der Waals surface area contributed by atoms with Gasteiger partial charge < -0.3 is 9.84 Å². The number of carbonyl (C=O) groups is 2. The first-order valence-electron chi connectivity index (χ1n) is 8.44. The van der Waals surface area contributed by atoms with Crippen molar-refractivity contribution in [2.24, 2.45) is 0 Å². The van der Waals surface area contributed by atoms with Crippen molar-refractivity contribution >= 4 is 17.3 Å². The molecule has 1 aliphatic rings. The monoisotopic (exact) mass is 371 g/mol. The summed E-state index contributed by atoms with van der Waals surface area (Å²) in [7, 11) is 0. The number of carbonyl (C=O) groups excluding carboxylic acids is 2. The van der Waals surface area contributed by atoms with E-state index < -0.39 is 22.3 Å². The molecule has 1 unspecified atom stereocenters. The summed E-state index contributed by atoms with van der Waals surface area (Å²) >= 11 is 0. The fourth-order valence-electron chi connectivity index (χ4n) is 2.90. The molecule has 1 N–H and O–H groups in total. The summed E-state index contributed by atoms with van der Waals surface area (Å²) in [5.41, 5.74) is 0.289. The van der Waals surface area contributed by atoms with Crippen molar-refractivity contribution < 1.29 is 24.4 Å². The van der Waals surface area contributed by atoms with Gasteiger partial charge in [0.25, 0.3) is 5.70 Å². The van der Waals surface area contributed by atoms with Gasteiger partial charge in [-0.25, -0.2) is 0 Å². The van der Waals surface area contributed by atoms with Gasteiger partial charge in [0, 0.05) is 11.6 Å². The molecule has 1 aliphatic carbocycles. The van der Waals surface area contributed by atoms with Crippen LogP contribution >= 0.6 is 0 Å². The number of benzene rings is 1. The molecule has 0 aromatic heterocycles. The van der Waals surface area contributed by atoms with E-state index in [4.69, 9.17) is 4.74 Å². The second-order valence-electron chi connectivity index (χ2n) is 6.32. The van der Waals surface area contributed by atoms with Crippen LogP contribution in [0, 0.1) is 10.1 Å². The van der Waals surface area contributed by atoms with Gasteiger partial charge in [0.15, 0.2) is 5.78 Å². The van der Waals surface area contributed by atoms with Crippen LogP contribution in [0.3, 0.4) is 0 Å². The topological polar surface area (TPSA) is 107 Å². The highest BCUT2D eigenvalue weighted by Crippen LogP contribution is 2.33.